The van der Waals surface area contributed by atoms with Crippen LogP contribution in [0.5, 0.6) is 0 Å². The zero-order valence-electron chi connectivity index (χ0n) is 12.7. The van der Waals surface area contributed by atoms with Gasteiger partial charge in [-0.15, -0.1) is 0 Å². The zero-order chi connectivity index (χ0) is 16.0. The summed E-state index contributed by atoms with van der Waals surface area (Å²) >= 11 is 3.61. The van der Waals surface area contributed by atoms with Crippen LogP contribution in [0.1, 0.15) is 18.4 Å². The van der Waals surface area contributed by atoms with Gasteiger partial charge in [0.25, 0.3) is 0 Å². The summed E-state index contributed by atoms with van der Waals surface area (Å²) in [6.45, 7) is 2.22. The van der Waals surface area contributed by atoms with Crippen LogP contribution in [0, 0.1) is 0 Å². The Morgan fingerprint density at radius 1 is 1.22 bits per heavy atom. The number of likely N-dealkylation sites (tertiary alicyclic amines) is 1. The van der Waals surface area contributed by atoms with E-state index >= 15 is 0 Å². The summed E-state index contributed by atoms with van der Waals surface area (Å²) in [7, 11) is 0. The Morgan fingerprint density at radius 3 is 2.74 bits per heavy atom. The van der Waals surface area contributed by atoms with Crippen molar-refractivity contribution in [2.75, 3.05) is 24.5 Å². The van der Waals surface area contributed by atoms with Crippen LogP contribution in [-0.4, -0.2) is 46.8 Å². The lowest BCUT2D eigenvalue weighted by molar-refractivity contribution is 0.131. The maximum atomic E-state index is 11.1. The van der Waals surface area contributed by atoms with Gasteiger partial charge in [-0.05, 0) is 37.0 Å². The lowest BCUT2D eigenvalue weighted by atomic mass is 9.94. The maximum Gasteiger partial charge on any atom is 0.407 e. The van der Waals surface area contributed by atoms with Gasteiger partial charge in [-0.25, -0.2) is 4.79 Å². The van der Waals surface area contributed by atoms with Crippen LogP contribution in [0.2, 0.25) is 0 Å². The molecule has 0 spiro atoms. The van der Waals surface area contributed by atoms with Crippen molar-refractivity contribution in [3.05, 3.63) is 34.6 Å². The molecule has 5 nitrogen and oxygen atoms in total. The number of anilines is 1. The van der Waals surface area contributed by atoms with Crippen molar-refractivity contribution in [3.8, 4) is 0 Å². The van der Waals surface area contributed by atoms with Crippen LogP contribution >= 0.6 is 15.9 Å². The molecule has 1 saturated heterocycles. The normalized spacial score (nSPS) is 18.5. The Balaban J connectivity index is 1.69. The number of piperidine rings is 1. The van der Waals surface area contributed by atoms with Gasteiger partial charge in [-0.1, -0.05) is 15.9 Å². The van der Waals surface area contributed by atoms with Crippen LogP contribution in [0.15, 0.2) is 29.0 Å². The van der Waals surface area contributed by atoms with E-state index in [1.54, 1.807) is 0 Å². The van der Waals surface area contributed by atoms with E-state index in [0.29, 0.717) is 19.1 Å². The second-order valence-corrected chi connectivity index (χ2v) is 7.18. The minimum Gasteiger partial charge on any atom is -0.465 e. The highest BCUT2D eigenvalue weighted by atomic mass is 79.9. The van der Waals surface area contributed by atoms with E-state index in [1.807, 2.05) is 12.4 Å². The quantitative estimate of drug-likeness (QED) is 0.828. The fraction of sp³-hybridized carbons (Fsp3) is 0.412. The summed E-state index contributed by atoms with van der Waals surface area (Å²) in [5.74, 6) is 0. The second-order valence-electron chi connectivity index (χ2n) is 6.27. The number of pyridine rings is 1. The summed E-state index contributed by atoms with van der Waals surface area (Å²) < 4.78 is 1.06. The van der Waals surface area contributed by atoms with Crippen LogP contribution in [0.25, 0.3) is 10.8 Å². The Kier molecular flexibility index (Phi) is 3.64. The molecule has 0 radical (unpaired) electrons. The van der Waals surface area contributed by atoms with E-state index < -0.39 is 6.09 Å². The Hall–Kier alpha value is -1.82. The van der Waals surface area contributed by atoms with Gasteiger partial charge in [0, 0.05) is 59.0 Å². The Bertz CT molecular complexity index is 772. The number of amides is 1. The molecule has 2 aliphatic rings. The van der Waals surface area contributed by atoms with E-state index in [4.69, 9.17) is 5.11 Å². The molecule has 1 aromatic carbocycles. The van der Waals surface area contributed by atoms with E-state index in [0.717, 1.165) is 30.3 Å². The lowest BCUT2D eigenvalue weighted by Gasteiger charge is -2.41. The number of halogens is 1. The molecule has 4 rings (SSSR count). The first-order valence-corrected chi connectivity index (χ1v) is 8.73. The van der Waals surface area contributed by atoms with E-state index in [9.17, 15) is 4.79 Å². The van der Waals surface area contributed by atoms with Gasteiger partial charge >= 0.3 is 6.09 Å². The van der Waals surface area contributed by atoms with Gasteiger partial charge < -0.3 is 14.9 Å². The van der Waals surface area contributed by atoms with Crippen LogP contribution < -0.4 is 4.90 Å². The topological polar surface area (TPSA) is 56.7 Å². The first-order chi connectivity index (χ1) is 11.1. The average Bonchev–Trinajstić information content (AvgIpc) is 2.55. The third-order valence-corrected chi connectivity index (χ3v) is 5.44. The summed E-state index contributed by atoms with van der Waals surface area (Å²) in [4.78, 5) is 19.4. The van der Waals surface area contributed by atoms with Gasteiger partial charge in [-0.2, -0.15) is 0 Å². The van der Waals surface area contributed by atoms with Gasteiger partial charge in [0.15, 0.2) is 0 Å². The smallest absolute Gasteiger partial charge is 0.407 e. The molecule has 1 amide bonds. The molecule has 1 N–H and O–H groups in total. The number of hydrogen-bond acceptors (Lipinski definition) is 3. The van der Waals surface area contributed by atoms with Crippen molar-refractivity contribution in [3.63, 3.8) is 0 Å². The number of hydrogen-bond donors (Lipinski definition) is 1. The lowest BCUT2D eigenvalue weighted by Crippen LogP contribution is -2.48. The van der Waals surface area contributed by atoms with Crippen LogP contribution in [0.3, 0.4) is 0 Å². The number of rotatable bonds is 1. The van der Waals surface area contributed by atoms with E-state index in [2.05, 4.69) is 37.9 Å². The highest BCUT2D eigenvalue weighted by Gasteiger charge is 2.30. The highest BCUT2D eigenvalue weighted by molar-refractivity contribution is 9.10. The van der Waals surface area contributed by atoms with Crippen molar-refractivity contribution in [1.29, 1.82) is 0 Å². The molecule has 120 valence electrons. The fourth-order valence-corrected chi connectivity index (χ4v) is 4.33. The molecule has 2 aliphatic heterocycles. The third-order valence-electron chi connectivity index (χ3n) is 4.99. The average molecular weight is 376 g/mol. The van der Waals surface area contributed by atoms with E-state index in [1.165, 1.54) is 26.9 Å². The van der Waals surface area contributed by atoms with E-state index in [-0.39, 0.29) is 0 Å². The van der Waals surface area contributed by atoms with Gasteiger partial charge in [0.1, 0.15) is 0 Å². The number of carbonyl (C=O) groups is 1. The van der Waals surface area contributed by atoms with Gasteiger partial charge in [-0.3, -0.25) is 4.98 Å². The SMILES string of the molecule is O=C(O)N1CCC(N2CCc3cncc4cc(Br)cc2c34)CC1. The predicted molar refractivity (Wildman–Crippen MR) is 93.1 cm³/mol. The van der Waals surface area contributed by atoms with Crippen molar-refractivity contribution in [2.45, 2.75) is 25.3 Å². The van der Waals surface area contributed by atoms with Crippen molar-refractivity contribution in [2.24, 2.45) is 0 Å². The minimum absolute atomic E-state index is 0.407. The summed E-state index contributed by atoms with van der Waals surface area (Å²) in [5.41, 5.74) is 2.57. The second kappa shape index (κ2) is 5.67. The molecule has 3 heterocycles. The summed E-state index contributed by atoms with van der Waals surface area (Å²) in [6, 6.07) is 4.71. The molecule has 0 unspecified atom stereocenters. The number of nitrogens with zero attached hydrogens (tertiary/aromatic N) is 3. The predicted octanol–water partition coefficient (Wildman–Crippen LogP) is 3.50. The summed E-state index contributed by atoms with van der Waals surface area (Å²) in [5, 5.41) is 11.6. The standard InChI is InChI=1S/C17H18BrN3O2/c18-13-7-12-10-19-9-11-1-6-21(15(8-13)16(11)12)14-2-4-20(5-3-14)17(22)23/h7-10,14H,1-6H2,(H,22,23). The molecule has 1 aromatic heterocycles. The largest absolute Gasteiger partial charge is 0.465 e. The molecule has 2 aromatic rings. The van der Waals surface area contributed by atoms with Crippen LogP contribution in [0.4, 0.5) is 10.5 Å². The van der Waals surface area contributed by atoms with Gasteiger partial charge in [0.2, 0.25) is 0 Å². The number of aromatic nitrogens is 1. The van der Waals surface area contributed by atoms with Crippen LogP contribution in [-0.2, 0) is 6.42 Å². The molecule has 1 fully saturated rings. The first kappa shape index (κ1) is 14.8. The molecular formula is C17H18BrN3O2. The van der Waals surface area contributed by atoms with Crippen molar-refractivity contribution >= 4 is 38.5 Å². The number of carboxylic acid groups (broad SMARTS) is 1. The molecule has 0 aliphatic carbocycles. The molecule has 0 saturated carbocycles. The maximum absolute atomic E-state index is 11.1. The van der Waals surface area contributed by atoms with Crippen molar-refractivity contribution in [1.82, 2.24) is 9.88 Å². The molecule has 0 bridgehead atoms. The Labute approximate surface area is 143 Å². The fourth-order valence-electron chi connectivity index (χ4n) is 3.86. The van der Waals surface area contributed by atoms with Crippen molar-refractivity contribution < 1.29 is 9.90 Å². The molecule has 6 heteroatoms. The number of benzene rings is 1. The third kappa shape index (κ3) is 2.55. The minimum atomic E-state index is -0.802. The van der Waals surface area contributed by atoms with Gasteiger partial charge in [0.05, 0.1) is 0 Å². The molecule has 0 atom stereocenters. The summed E-state index contributed by atoms with van der Waals surface area (Å²) in [6.07, 6.45) is 5.87. The first-order valence-electron chi connectivity index (χ1n) is 7.94. The highest BCUT2D eigenvalue weighted by Crippen LogP contribution is 2.38. The Morgan fingerprint density at radius 2 is 2.00 bits per heavy atom. The molecular weight excluding hydrogens is 358 g/mol. The zero-order valence-corrected chi connectivity index (χ0v) is 14.3. The monoisotopic (exact) mass is 375 g/mol. The molecule has 23 heavy (non-hydrogen) atoms.